The van der Waals surface area contributed by atoms with E-state index in [1.165, 1.54) is 24.1 Å². The Morgan fingerprint density at radius 1 is 1.28 bits per heavy atom. The fourth-order valence-electron chi connectivity index (χ4n) is 2.36. The van der Waals surface area contributed by atoms with E-state index in [1.54, 1.807) is 30.3 Å². The van der Waals surface area contributed by atoms with Gasteiger partial charge in [-0.1, -0.05) is 54.6 Å². The topological polar surface area (TPSA) is 45.7 Å². The molecule has 1 aliphatic rings. The lowest BCUT2D eigenvalue weighted by Crippen LogP contribution is -2.30. The summed E-state index contributed by atoms with van der Waals surface area (Å²) in [6.07, 6.45) is 1.31. The van der Waals surface area contributed by atoms with Crippen molar-refractivity contribution in [3.05, 3.63) is 82.9 Å². The van der Waals surface area contributed by atoms with Gasteiger partial charge >= 0.3 is 0 Å². The largest absolute Gasteiger partial charge is 0.450 e. The Labute approximate surface area is 181 Å². The van der Waals surface area contributed by atoms with Crippen LogP contribution < -0.4 is 14.8 Å². The van der Waals surface area contributed by atoms with Crippen molar-refractivity contribution in [2.45, 2.75) is 4.90 Å². The zero-order chi connectivity index (χ0) is 21.0. The number of para-hydroxylation sites is 1. The molecule has 9 heteroatoms. The molecular formula is C20H15Cl2F2N3OS. The fourth-order valence-corrected chi connectivity index (χ4v) is 3.36. The molecule has 0 bridgehead atoms. The summed E-state index contributed by atoms with van der Waals surface area (Å²) in [5.74, 6) is -0.704. The van der Waals surface area contributed by atoms with E-state index in [0.29, 0.717) is 21.4 Å². The average Bonchev–Trinajstić information content (AvgIpc) is 2.71. The van der Waals surface area contributed by atoms with Gasteiger partial charge < -0.3 is 10.1 Å². The lowest BCUT2D eigenvalue weighted by molar-refractivity contribution is 0.443. The number of ether oxygens (including phenoxy) is 1. The average molecular weight is 454 g/mol. The molecule has 0 spiro atoms. The lowest BCUT2D eigenvalue weighted by Gasteiger charge is -2.23. The van der Waals surface area contributed by atoms with Crippen LogP contribution in [0.1, 0.15) is 0 Å². The van der Waals surface area contributed by atoms with E-state index in [4.69, 9.17) is 27.9 Å². The molecule has 29 heavy (non-hydrogen) atoms. The molecule has 0 fully saturated rings. The highest BCUT2D eigenvalue weighted by atomic mass is 35.5. The van der Waals surface area contributed by atoms with Crippen molar-refractivity contribution in [3.8, 4) is 11.5 Å². The maximum Gasteiger partial charge on any atom is 0.206 e. The molecule has 2 N–H and O–H groups in total. The van der Waals surface area contributed by atoms with Crippen molar-refractivity contribution in [1.82, 2.24) is 4.72 Å². The Morgan fingerprint density at radius 3 is 2.72 bits per heavy atom. The van der Waals surface area contributed by atoms with Gasteiger partial charge in [-0.2, -0.15) is 0 Å². The molecule has 1 aliphatic heterocycles. The molecule has 0 saturated carbocycles. The molecule has 3 rings (SSSR count). The number of hydrogen-bond acceptors (Lipinski definition) is 3. The fraction of sp³-hybridized carbons (Fsp3) is 0.0500. The molecule has 4 nitrogen and oxygen atoms in total. The SMILES string of the molecule is C=C/C(CN=C1NSc2ccc(F)c(Oc3ccccc3Cl)c2N1)=C(/F)C(=C)Cl. The highest BCUT2D eigenvalue weighted by molar-refractivity contribution is 7.98. The van der Waals surface area contributed by atoms with Gasteiger partial charge in [0.25, 0.3) is 0 Å². The number of benzene rings is 2. The van der Waals surface area contributed by atoms with Crippen LogP contribution in [0.4, 0.5) is 14.5 Å². The minimum absolute atomic E-state index is 0.0305. The highest BCUT2D eigenvalue weighted by Gasteiger charge is 2.22. The third-order valence-electron chi connectivity index (χ3n) is 3.80. The molecule has 0 unspecified atom stereocenters. The minimum Gasteiger partial charge on any atom is -0.450 e. The monoisotopic (exact) mass is 453 g/mol. The number of nitrogens with one attached hydrogen (secondary N) is 2. The van der Waals surface area contributed by atoms with Gasteiger partial charge in [0, 0.05) is 5.57 Å². The van der Waals surface area contributed by atoms with Gasteiger partial charge in [0.1, 0.15) is 17.3 Å². The number of guanidine groups is 1. The third kappa shape index (κ3) is 4.93. The highest BCUT2D eigenvalue weighted by Crippen LogP contribution is 2.42. The van der Waals surface area contributed by atoms with Crippen molar-refractivity contribution in [2.24, 2.45) is 4.99 Å². The first-order valence-corrected chi connectivity index (χ1v) is 9.83. The van der Waals surface area contributed by atoms with Crippen molar-refractivity contribution in [3.63, 3.8) is 0 Å². The number of hydrogen-bond donors (Lipinski definition) is 2. The Kier molecular flexibility index (Phi) is 6.84. The molecule has 2 aromatic carbocycles. The molecule has 0 radical (unpaired) electrons. The normalized spacial score (nSPS) is 15.0. The first-order valence-electron chi connectivity index (χ1n) is 8.25. The summed E-state index contributed by atoms with van der Waals surface area (Å²) in [4.78, 5) is 4.94. The van der Waals surface area contributed by atoms with Crippen LogP contribution in [0.15, 0.2) is 82.0 Å². The molecule has 150 valence electrons. The van der Waals surface area contributed by atoms with E-state index < -0.39 is 11.6 Å². The Bertz CT molecular complexity index is 1040. The van der Waals surface area contributed by atoms with Crippen LogP contribution in [-0.4, -0.2) is 12.5 Å². The second-order valence-corrected chi connectivity index (χ2v) is 7.44. The summed E-state index contributed by atoms with van der Waals surface area (Å²) < 4.78 is 37.2. The summed E-state index contributed by atoms with van der Waals surface area (Å²) >= 11 is 12.9. The maximum absolute atomic E-state index is 14.5. The second-order valence-electron chi connectivity index (χ2n) is 5.72. The predicted molar refractivity (Wildman–Crippen MR) is 116 cm³/mol. The van der Waals surface area contributed by atoms with Gasteiger partial charge in [-0.3, -0.25) is 4.72 Å². The van der Waals surface area contributed by atoms with Crippen LogP contribution in [0.2, 0.25) is 5.02 Å². The first kappa shape index (κ1) is 21.2. The van der Waals surface area contributed by atoms with Crippen LogP contribution in [-0.2, 0) is 0 Å². The molecule has 2 aromatic rings. The Hall–Kier alpha value is -2.48. The van der Waals surface area contributed by atoms with E-state index in [1.807, 2.05) is 0 Å². The van der Waals surface area contributed by atoms with Gasteiger partial charge in [-0.05, 0) is 36.2 Å². The molecular weight excluding hydrogens is 439 g/mol. The summed E-state index contributed by atoms with van der Waals surface area (Å²) in [6.45, 7) is 6.85. The van der Waals surface area contributed by atoms with Crippen molar-refractivity contribution in [1.29, 1.82) is 0 Å². The van der Waals surface area contributed by atoms with Crippen LogP contribution in [0.5, 0.6) is 11.5 Å². The van der Waals surface area contributed by atoms with Crippen molar-refractivity contribution >= 4 is 46.8 Å². The number of anilines is 1. The number of aliphatic imine (C=N–C) groups is 1. The van der Waals surface area contributed by atoms with Gasteiger partial charge in [-0.15, -0.1) is 0 Å². The molecule has 0 aliphatic carbocycles. The van der Waals surface area contributed by atoms with Crippen LogP contribution >= 0.6 is 35.1 Å². The Morgan fingerprint density at radius 2 is 2.03 bits per heavy atom. The lowest BCUT2D eigenvalue weighted by atomic mass is 10.2. The van der Waals surface area contributed by atoms with E-state index in [-0.39, 0.29) is 28.9 Å². The summed E-state index contributed by atoms with van der Waals surface area (Å²) in [5.41, 5.74) is 0.544. The number of rotatable bonds is 6. The number of halogens is 4. The first-order chi connectivity index (χ1) is 13.9. The van der Waals surface area contributed by atoms with Gasteiger partial charge in [-0.25, -0.2) is 13.8 Å². The smallest absolute Gasteiger partial charge is 0.206 e. The predicted octanol–water partition coefficient (Wildman–Crippen LogP) is 6.81. The second kappa shape index (κ2) is 9.35. The van der Waals surface area contributed by atoms with Gasteiger partial charge in [0.2, 0.25) is 5.96 Å². The standard InChI is InChI=1S/C20H15Cl2F2N3OS/c1-3-12(17(24)11(2)21)10-25-20-26-18-16(29-27-20)9-8-14(23)19(18)28-15-7-5-4-6-13(15)22/h3-9H,1-2,10H2,(H2,25,26,27)/b17-12-. The number of allylic oxidation sites excluding steroid dienone is 2. The number of fused-ring (bicyclic) bond motifs is 1. The van der Waals surface area contributed by atoms with E-state index in [9.17, 15) is 8.78 Å². The molecule has 0 aromatic heterocycles. The number of nitrogens with zero attached hydrogens (tertiary/aromatic N) is 1. The van der Waals surface area contributed by atoms with Crippen LogP contribution in [0.3, 0.4) is 0 Å². The van der Waals surface area contributed by atoms with Crippen LogP contribution in [0, 0.1) is 5.82 Å². The van der Waals surface area contributed by atoms with Crippen LogP contribution in [0.25, 0.3) is 0 Å². The molecule has 1 heterocycles. The Balaban J connectivity index is 1.90. The summed E-state index contributed by atoms with van der Waals surface area (Å²) in [5, 5.41) is 3.08. The minimum atomic E-state index is -0.691. The zero-order valence-electron chi connectivity index (χ0n) is 14.9. The zero-order valence-corrected chi connectivity index (χ0v) is 17.3. The molecule has 0 amide bonds. The maximum atomic E-state index is 14.5. The van der Waals surface area contributed by atoms with Gasteiger partial charge in [0.05, 0.1) is 21.5 Å². The van der Waals surface area contributed by atoms with E-state index in [2.05, 4.69) is 28.2 Å². The van der Waals surface area contributed by atoms with E-state index >= 15 is 0 Å². The van der Waals surface area contributed by atoms with Gasteiger partial charge in [0.15, 0.2) is 11.6 Å². The summed E-state index contributed by atoms with van der Waals surface area (Å²) in [7, 11) is 0. The quantitative estimate of drug-likeness (QED) is 0.372. The molecule has 0 saturated heterocycles. The molecule has 0 atom stereocenters. The third-order valence-corrected chi connectivity index (χ3v) is 5.13. The summed E-state index contributed by atoms with van der Waals surface area (Å²) in [6, 6.07) is 9.64. The van der Waals surface area contributed by atoms with Crippen molar-refractivity contribution < 1.29 is 13.5 Å². The van der Waals surface area contributed by atoms with Crippen molar-refractivity contribution in [2.75, 3.05) is 11.9 Å². The van der Waals surface area contributed by atoms with E-state index in [0.717, 1.165) is 0 Å².